The average Bonchev–Trinajstić information content (AvgIpc) is 2.55. The molecular weight excluding hydrogens is 270 g/mol. The van der Waals surface area contributed by atoms with Crippen LogP contribution in [0, 0.1) is 6.92 Å². The Morgan fingerprint density at radius 1 is 0.909 bits per heavy atom. The molecule has 0 saturated carbocycles. The molecule has 0 aliphatic rings. The molecule has 0 aromatic heterocycles. The predicted molar refractivity (Wildman–Crippen MR) is 92.8 cm³/mol. The van der Waals surface area contributed by atoms with E-state index in [0.29, 0.717) is 0 Å². The maximum absolute atomic E-state index is 12.0. The Morgan fingerprint density at radius 3 is 2.45 bits per heavy atom. The smallest absolute Gasteiger partial charge is 0.248 e. The number of rotatable bonds is 3. The second kappa shape index (κ2) is 6.27. The first kappa shape index (κ1) is 14.1. The van der Waals surface area contributed by atoms with Gasteiger partial charge in [0.05, 0.1) is 0 Å². The van der Waals surface area contributed by atoms with Crippen LogP contribution in [0.3, 0.4) is 0 Å². The molecule has 0 aliphatic heterocycles. The van der Waals surface area contributed by atoms with Crippen molar-refractivity contribution >= 4 is 28.4 Å². The van der Waals surface area contributed by atoms with Gasteiger partial charge in [-0.05, 0) is 41.5 Å². The minimum Gasteiger partial charge on any atom is -0.323 e. The number of hydrogen-bond acceptors (Lipinski definition) is 1. The summed E-state index contributed by atoms with van der Waals surface area (Å²) >= 11 is 0. The molecule has 2 heteroatoms. The third-order valence-electron chi connectivity index (χ3n) is 3.56. The molecule has 3 aromatic carbocycles. The van der Waals surface area contributed by atoms with E-state index in [1.807, 2.05) is 61.5 Å². The van der Waals surface area contributed by atoms with Crippen LogP contribution < -0.4 is 5.32 Å². The third-order valence-corrected chi connectivity index (χ3v) is 3.56. The van der Waals surface area contributed by atoms with Gasteiger partial charge < -0.3 is 5.32 Å². The van der Waals surface area contributed by atoms with Gasteiger partial charge in [0.15, 0.2) is 0 Å². The normalized spacial score (nSPS) is 11.0. The molecule has 0 atom stereocenters. The van der Waals surface area contributed by atoms with Gasteiger partial charge in [0.25, 0.3) is 0 Å². The van der Waals surface area contributed by atoms with Crippen LogP contribution in [0.2, 0.25) is 0 Å². The van der Waals surface area contributed by atoms with E-state index in [2.05, 4.69) is 23.5 Å². The monoisotopic (exact) mass is 287 g/mol. The van der Waals surface area contributed by atoms with Crippen molar-refractivity contribution in [1.29, 1.82) is 0 Å². The number of nitrogens with one attached hydrogen (secondary N) is 1. The van der Waals surface area contributed by atoms with E-state index in [-0.39, 0.29) is 5.91 Å². The summed E-state index contributed by atoms with van der Waals surface area (Å²) < 4.78 is 0. The summed E-state index contributed by atoms with van der Waals surface area (Å²) in [4.78, 5) is 12.0. The standard InChI is InChI=1S/C20H17NO/c1-15-9-12-18(13-10-15)21-20(22)14-11-17-7-4-6-16-5-2-3-8-19(16)17/h2-14H,1H3,(H,21,22). The molecule has 0 aliphatic carbocycles. The zero-order valence-corrected chi connectivity index (χ0v) is 12.4. The van der Waals surface area contributed by atoms with Crippen molar-refractivity contribution in [1.82, 2.24) is 0 Å². The maximum Gasteiger partial charge on any atom is 0.248 e. The van der Waals surface area contributed by atoms with Crippen LogP contribution in [0.15, 0.2) is 72.8 Å². The first-order valence-electron chi connectivity index (χ1n) is 7.26. The van der Waals surface area contributed by atoms with Gasteiger partial charge in [-0.2, -0.15) is 0 Å². The quantitative estimate of drug-likeness (QED) is 0.689. The number of carbonyl (C=O) groups is 1. The average molecular weight is 287 g/mol. The topological polar surface area (TPSA) is 29.1 Å². The number of carbonyl (C=O) groups excluding carboxylic acids is 1. The van der Waals surface area contributed by atoms with Crippen molar-refractivity contribution in [2.75, 3.05) is 5.32 Å². The molecule has 0 saturated heterocycles. The summed E-state index contributed by atoms with van der Waals surface area (Å²) in [6, 6.07) is 22.0. The van der Waals surface area contributed by atoms with E-state index in [1.54, 1.807) is 6.08 Å². The summed E-state index contributed by atoms with van der Waals surface area (Å²) in [6.07, 6.45) is 3.42. The van der Waals surface area contributed by atoms with Crippen LogP contribution >= 0.6 is 0 Å². The zero-order valence-electron chi connectivity index (χ0n) is 12.4. The zero-order chi connectivity index (χ0) is 15.4. The molecule has 0 radical (unpaired) electrons. The molecule has 0 fully saturated rings. The lowest BCUT2D eigenvalue weighted by Crippen LogP contribution is -2.07. The number of aryl methyl sites for hydroxylation is 1. The molecule has 3 rings (SSSR count). The summed E-state index contributed by atoms with van der Waals surface area (Å²) in [5.41, 5.74) is 3.01. The maximum atomic E-state index is 12.0. The van der Waals surface area contributed by atoms with Gasteiger partial charge in [0, 0.05) is 11.8 Å². The molecule has 0 heterocycles. The molecule has 1 N–H and O–H groups in total. The van der Waals surface area contributed by atoms with Gasteiger partial charge in [-0.15, -0.1) is 0 Å². The fourth-order valence-corrected chi connectivity index (χ4v) is 2.38. The minimum absolute atomic E-state index is 0.128. The summed E-state index contributed by atoms with van der Waals surface area (Å²) in [5, 5.41) is 5.17. The second-order valence-corrected chi connectivity index (χ2v) is 5.26. The van der Waals surface area contributed by atoms with Crippen molar-refractivity contribution in [2.45, 2.75) is 6.92 Å². The number of benzene rings is 3. The van der Waals surface area contributed by atoms with E-state index >= 15 is 0 Å². The Morgan fingerprint density at radius 2 is 1.64 bits per heavy atom. The highest BCUT2D eigenvalue weighted by molar-refractivity contribution is 6.03. The molecule has 0 unspecified atom stereocenters. The van der Waals surface area contributed by atoms with E-state index in [4.69, 9.17) is 0 Å². The van der Waals surface area contributed by atoms with Gasteiger partial charge in [0.2, 0.25) is 5.91 Å². The van der Waals surface area contributed by atoms with Crippen LogP contribution in [-0.2, 0) is 4.79 Å². The van der Waals surface area contributed by atoms with Crippen molar-refractivity contribution in [3.05, 3.63) is 83.9 Å². The molecule has 0 spiro atoms. The van der Waals surface area contributed by atoms with Crippen LogP contribution in [0.4, 0.5) is 5.69 Å². The first-order valence-corrected chi connectivity index (χ1v) is 7.26. The fourth-order valence-electron chi connectivity index (χ4n) is 2.38. The van der Waals surface area contributed by atoms with E-state index in [0.717, 1.165) is 16.6 Å². The minimum atomic E-state index is -0.128. The van der Waals surface area contributed by atoms with E-state index < -0.39 is 0 Å². The van der Waals surface area contributed by atoms with Crippen molar-refractivity contribution in [3.8, 4) is 0 Å². The molecule has 108 valence electrons. The molecule has 1 amide bonds. The predicted octanol–water partition coefficient (Wildman–Crippen LogP) is 4.80. The molecule has 0 bridgehead atoms. The Labute approximate surface area is 130 Å². The van der Waals surface area contributed by atoms with Crippen molar-refractivity contribution < 1.29 is 4.79 Å². The summed E-state index contributed by atoms with van der Waals surface area (Å²) in [6.45, 7) is 2.02. The third kappa shape index (κ3) is 3.23. The Balaban J connectivity index is 1.78. The molecular formula is C20H17NO. The van der Waals surface area contributed by atoms with Crippen molar-refractivity contribution in [2.24, 2.45) is 0 Å². The highest BCUT2D eigenvalue weighted by Gasteiger charge is 1.99. The summed E-state index contributed by atoms with van der Waals surface area (Å²) in [7, 11) is 0. The van der Waals surface area contributed by atoms with Gasteiger partial charge in [-0.1, -0.05) is 60.2 Å². The van der Waals surface area contributed by atoms with Gasteiger partial charge in [-0.3, -0.25) is 4.79 Å². The second-order valence-electron chi connectivity index (χ2n) is 5.26. The van der Waals surface area contributed by atoms with Crippen LogP contribution in [0.25, 0.3) is 16.8 Å². The van der Waals surface area contributed by atoms with Gasteiger partial charge in [-0.25, -0.2) is 0 Å². The lowest BCUT2D eigenvalue weighted by molar-refractivity contribution is -0.111. The number of anilines is 1. The van der Waals surface area contributed by atoms with Crippen LogP contribution in [0.1, 0.15) is 11.1 Å². The highest BCUT2D eigenvalue weighted by atomic mass is 16.1. The number of amides is 1. The lowest BCUT2D eigenvalue weighted by Gasteiger charge is -2.03. The fraction of sp³-hybridized carbons (Fsp3) is 0.0500. The van der Waals surface area contributed by atoms with Gasteiger partial charge >= 0.3 is 0 Å². The largest absolute Gasteiger partial charge is 0.323 e. The van der Waals surface area contributed by atoms with E-state index in [1.165, 1.54) is 10.9 Å². The van der Waals surface area contributed by atoms with Gasteiger partial charge in [0.1, 0.15) is 0 Å². The molecule has 22 heavy (non-hydrogen) atoms. The van der Waals surface area contributed by atoms with Crippen LogP contribution in [-0.4, -0.2) is 5.91 Å². The van der Waals surface area contributed by atoms with Crippen LogP contribution in [0.5, 0.6) is 0 Å². The number of fused-ring (bicyclic) bond motifs is 1. The Hall–Kier alpha value is -2.87. The SMILES string of the molecule is Cc1ccc(NC(=O)C=Cc2cccc3ccccc23)cc1. The molecule has 2 nitrogen and oxygen atoms in total. The first-order chi connectivity index (χ1) is 10.7. The molecule has 3 aromatic rings. The Kier molecular flexibility index (Phi) is 4.01. The Bertz CT molecular complexity index is 826. The van der Waals surface area contributed by atoms with E-state index in [9.17, 15) is 4.79 Å². The highest BCUT2D eigenvalue weighted by Crippen LogP contribution is 2.19. The summed E-state index contributed by atoms with van der Waals surface area (Å²) in [5.74, 6) is -0.128. The number of hydrogen-bond donors (Lipinski definition) is 1. The van der Waals surface area contributed by atoms with Crippen molar-refractivity contribution in [3.63, 3.8) is 0 Å². The lowest BCUT2D eigenvalue weighted by atomic mass is 10.0.